The second kappa shape index (κ2) is 7.51. The van der Waals surface area contributed by atoms with Crippen LogP contribution in [0.25, 0.3) is 0 Å². The van der Waals surface area contributed by atoms with Crippen molar-refractivity contribution in [3.05, 3.63) is 41.2 Å². The van der Waals surface area contributed by atoms with Crippen molar-refractivity contribution in [2.75, 3.05) is 5.32 Å². The summed E-state index contributed by atoms with van der Waals surface area (Å²) in [5.74, 6) is -0.229. The van der Waals surface area contributed by atoms with Crippen LogP contribution in [-0.4, -0.2) is 29.5 Å². The molecule has 134 valence electrons. The first-order valence-corrected chi connectivity index (χ1v) is 9.92. The molecule has 9 heteroatoms. The molecule has 1 aromatic heterocycles. The second-order valence-corrected chi connectivity index (χ2v) is 8.49. The SMILES string of the molecule is Cc1nc(SC(C)C(=O)Nc2ccc(S(N)(=O)=O)cc2)nc(C)c1C. The van der Waals surface area contributed by atoms with Crippen LogP contribution in [0.15, 0.2) is 34.3 Å². The number of hydrogen-bond donors (Lipinski definition) is 2. The van der Waals surface area contributed by atoms with Gasteiger partial charge in [-0.25, -0.2) is 23.5 Å². The number of nitrogens with one attached hydrogen (secondary N) is 1. The van der Waals surface area contributed by atoms with Crippen molar-refractivity contribution in [1.82, 2.24) is 9.97 Å². The summed E-state index contributed by atoms with van der Waals surface area (Å²) in [6.07, 6.45) is 0. The summed E-state index contributed by atoms with van der Waals surface area (Å²) in [7, 11) is -3.75. The lowest BCUT2D eigenvalue weighted by molar-refractivity contribution is -0.115. The predicted octanol–water partition coefficient (Wildman–Crippen LogP) is 2.17. The number of primary sulfonamides is 1. The molecule has 0 aliphatic heterocycles. The third kappa shape index (κ3) is 5.00. The first-order valence-electron chi connectivity index (χ1n) is 7.50. The molecule has 0 aliphatic rings. The molecule has 0 saturated carbocycles. The highest BCUT2D eigenvalue weighted by Gasteiger charge is 2.17. The van der Waals surface area contributed by atoms with Crippen molar-refractivity contribution in [3.63, 3.8) is 0 Å². The van der Waals surface area contributed by atoms with Crippen molar-refractivity contribution in [1.29, 1.82) is 0 Å². The molecule has 0 radical (unpaired) electrons. The normalized spacial score (nSPS) is 12.7. The zero-order valence-electron chi connectivity index (χ0n) is 14.4. The van der Waals surface area contributed by atoms with E-state index in [0.29, 0.717) is 10.8 Å². The fourth-order valence-electron chi connectivity index (χ4n) is 1.98. The minimum absolute atomic E-state index is 0.00747. The van der Waals surface area contributed by atoms with Crippen LogP contribution < -0.4 is 10.5 Å². The van der Waals surface area contributed by atoms with Crippen molar-refractivity contribution < 1.29 is 13.2 Å². The van der Waals surface area contributed by atoms with Gasteiger partial charge in [0.05, 0.1) is 10.1 Å². The lowest BCUT2D eigenvalue weighted by atomic mass is 10.2. The van der Waals surface area contributed by atoms with Crippen LogP contribution in [0.4, 0.5) is 5.69 Å². The summed E-state index contributed by atoms with van der Waals surface area (Å²) in [5, 5.41) is 7.91. The van der Waals surface area contributed by atoms with Gasteiger partial charge in [-0.1, -0.05) is 11.8 Å². The summed E-state index contributed by atoms with van der Waals surface area (Å²) in [6, 6.07) is 5.68. The number of benzene rings is 1. The maximum atomic E-state index is 12.3. The van der Waals surface area contributed by atoms with Gasteiger partial charge in [-0.3, -0.25) is 4.79 Å². The Morgan fingerprint density at radius 3 is 2.12 bits per heavy atom. The van der Waals surface area contributed by atoms with E-state index >= 15 is 0 Å². The lowest BCUT2D eigenvalue weighted by Crippen LogP contribution is -2.23. The quantitative estimate of drug-likeness (QED) is 0.607. The molecule has 0 bridgehead atoms. The maximum absolute atomic E-state index is 12.3. The van der Waals surface area contributed by atoms with Crippen LogP contribution in [0.5, 0.6) is 0 Å². The molecular formula is C16H20N4O3S2. The Bertz CT molecular complexity index is 873. The number of sulfonamides is 1. The van der Waals surface area contributed by atoms with Gasteiger partial charge in [0.25, 0.3) is 0 Å². The highest BCUT2D eigenvalue weighted by Crippen LogP contribution is 2.23. The zero-order valence-corrected chi connectivity index (χ0v) is 16.0. The summed E-state index contributed by atoms with van der Waals surface area (Å²) >= 11 is 1.27. The fourth-order valence-corrected chi connectivity index (χ4v) is 3.35. The van der Waals surface area contributed by atoms with E-state index in [0.717, 1.165) is 17.0 Å². The number of anilines is 1. The van der Waals surface area contributed by atoms with E-state index in [4.69, 9.17) is 5.14 Å². The fraction of sp³-hybridized carbons (Fsp3) is 0.312. The second-order valence-electron chi connectivity index (χ2n) is 5.62. The number of aromatic nitrogens is 2. The number of rotatable bonds is 5. The molecular weight excluding hydrogens is 360 g/mol. The highest BCUT2D eigenvalue weighted by atomic mass is 32.2. The Balaban J connectivity index is 2.05. The topological polar surface area (TPSA) is 115 Å². The molecule has 1 amide bonds. The van der Waals surface area contributed by atoms with Gasteiger partial charge in [0, 0.05) is 17.1 Å². The number of hydrogen-bond acceptors (Lipinski definition) is 6. The van der Waals surface area contributed by atoms with E-state index < -0.39 is 15.3 Å². The van der Waals surface area contributed by atoms with Crippen LogP contribution in [0.1, 0.15) is 23.9 Å². The van der Waals surface area contributed by atoms with Gasteiger partial charge >= 0.3 is 0 Å². The van der Waals surface area contributed by atoms with Gasteiger partial charge in [-0.05, 0) is 57.5 Å². The minimum Gasteiger partial charge on any atom is -0.325 e. The molecule has 0 fully saturated rings. The highest BCUT2D eigenvalue weighted by molar-refractivity contribution is 8.00. The van der Waals surface area contributed by atoms with Gasteiger partial charge in [-0.15, -0.1) is 0 Å². The van der Waals surface area contributed by atoms with Gasteiger partial charge < -0.3 is 5.32 Å². The lowest BCUT2D eigenvalue weighted by Gasteiger charge is -2.13. The van der Waals surface area contributed by atoms with E-state index in [1.807, 2.05) is 20.8 Å². The average Bonchev–Trinajstić information content (AvgIpc) is 2.52. The monoisotopic (exact) mass is 380 g/mol. The third-order valence-corrected chi connectivity index (χ3v) is 5.60. The molecule has 2 aromatic rings. The average molecular weight is 380 g/mol. The summed E-state index contributed by atoms with van der Waals surface area (Å²) in [5.41, 5.74) is 3.31. The Hall–Kier alpha value is -1.97. The molecule has 0 aliphatic carbocycles. The molecule has 1 atom stereocenters. The van der Waals surface area contributed by atoms with Gasteiger partial charge in [-0.2, -0.15) is 0 Å². The molecule has 0 saturated heterocycles. The van der Waals surface area contributed by atoms with Gasteiger partial charge in [0.2, 0.25) is 15.9 Å². The number of nitrogens with zero attached hydrogens (tertiary/aromatic N) is 2. The maximum Gasteiger partial charge on any atom is 0.238 e. The van der Waals surface area contributed by atoms with E-state index in [2.05, 4.69) is 15.3 Å². The summed E-state index contributed by atoms with van der Waals surface area (Å²) in [6.45, 7) is 7.53. The van der Waals surface area contributed by atoms with Crippen LogP contribution in [0, 0.1) is 20.8 Å². The number of carbonyl (C=O) groups excluding carboxylic acids is 1. The summed E-state index contributed by atoms with van der Waals surface area (Å²) in [4.78, 5) is 21.1. The molecule has 1 heterocycles. The van der Waals surface area contributed by atoms with Crippen molar-refractivity contribution in [2.45, 2.75) is 43.0 Å². The van der Waals surface area contributed by atoms with Crippen LogP contribution >= 0.6 is 11.8 Å². The molecule has 0 spiro atoms. The Morgan fingerprint density at radius 1 is 1.12 bits per heavy atom. The van der Waals surface area contributed by atoms with Crippen molar-refractivity contribution in [2.24, 2.45) is 5.14 Å². The first kappa shape index (κ1) is 19.4. The molecule has 1 aromatic carbocycles. The zero-order chi connectivity index (χ0) is 18.8. The number of thioether (sulfide) groups is 1. The molecule has 1 unspecified atom stereocenters. The van der Waals surface area contributed by atoms with Gasteiger partial charge in [0.15, 0.2) is 5.16 Å². The standard InChI is InChI=1S/C16H20N4O3S2/c1-9-10(2)18-16(19-11(9)3)24-12(4)15(21)20-13-5-7-14(8-6-13)25(17,22)23/h5-8,12H,1-4H3,(H,20,21)(H2,17,22,23). The van der Waals surface area contributed by atoms with Crippen LogP contribution in [0.2, 0.25) is 0 Å². The van der Waals surface area contributed by atoms with E-state index in [-0.39, 0.29) is 10.8 Å². The Morgan fingerprint density at radius 2 is 1.64 bits per heavy atom. The summed E-state index contributed by atoms with van der Waals surface area (Å²) < 4.78 is 22.5. The van der Waals surface area contributed by atoms with Crippen molar-refractivity contribution in [3.8, 4) is 0 Å². The number of amides is 1. The van der Waals surface area contributed by atoms with E-state index in [1.165, 1.54) is 36.0 Å². The Labute approximate surface area is 151 Å². The van der Waals surface area contributed by atoms with Crippen LogP contribution in [-0.2, 0) is 14.8 Å². The largest absolute Gasteiger partial charge is 0.325 e. The van der Waals surface area contributed by atoms with Gasteiger partial charge in [0.1, 0.15) is 0 Å². The van der Waals surface area contributed by atoms with E-state index in [9.17, 15) is 13.2 Å². The molecule has 7 nitrogen and oxygen atoms in total. The van der Waals surface area contributed by atoms with Crippen LogP contribution in [0.3, 0.4) is 0 Å². The first-order chi connectivity index (χ1) is 11.6. The number of aryl methyl sites for hydroxylation is 2. The minimum atomic E-state index is -3.75. The smallest absolute Gasteiger partial charge is 0.238 e. The molecule has 25 heavy (non-hydrogen) atoms. The third-order valence-electron chi connectivity index (χ3n) is 3.71. The van der Waals surface area contributed by atoms with Crippen molar-refractivity contribution >= 4 is 33.4 Å². The number of nitrogens with two attached hydrogens (primary N) is 1. The van der Waals surface area contributed by atoms with E-state index in [1.54, 1.807) is 6.92 Å². The predicted molar refractivity (Wildman–Crippen MR) is 98.0 cm³/mol. The number of carbonyl (C=O) groups is 1. The Kier molecular flexibility index (Phi) is 5.81. The molecule has 3 N–H and O–H groups in total. The molecule has 2 rings (SSSR count).